The molecule has 26 heavy (non-hydrogen) atoms. The van der Waals surface area contributed by atoms with Gasteiger partial charge in [-0.25, -0.2) is 9.78 Å². The van der Waals surface area contributed by atoms with Crippen LogP contribution in [-0.2, 0) is 17.9 Å². The molecule has 0 aliphatic rings. The molecule has 0 N–H and O–H groups in total. The van der Waals surface area contributed by atoms with E-state index in [1.54, 1.807) is 22.9 Å². The van der Waals surface area contributed by atoms with E-state index in [1.165, 1.54) is 0 Å². The number of fused-ring (bicyclic) bond motifs is 1. The average Bonchev–Trinajstić information content (AvgIpc) is 2.61. The first kappa shape index (κ1) is 17.9. The standard InChI is InChI=1S/C21H22N2O3/c1-5-23-11-18(19(24)17-9-7-15(4)22-20(17)23)21(25)26-12-16-8-6-13(2)10-14(16)3/h6-11H,5,12H2,1-4H3. The first-order valence-corrected chi connectivity index (χ1v) is 8.64. The van der Waals surface area contributed by atoms with Gasteiger partial charge in [-0.05, 0) is 51.0 Å². The van der Waals surface area contributed by atoms with Crippen LogP contribution in [-0.4, -0.2) is 15.5 Å². The molecular formula is C21H22N2O3. The van der Waals surface area contributed by atoms with Gasteiger partial charge in [0.1, 0.15) is 17.8 Å². The molecule has 0 bridgehead atoms. The first-order valence-electron chi connectivity index (χ1n) is 8.64. The second kappa shape index (κ2) is 7.12. The second-order valence-corrected chi connectivity index (χ2v) is 6.49. The highest BCUT2D eigenvalue weighted by Crippen LogP contribution is 2.14. The Hall–Kier alpha value is -2.95. The molecule has 134 valence electrons. The van der Waals surface area contributed by atoms with E-state index in [2.05, 4.69) is 4.98 Å². The SMILES string of the molecule is CCn1cc(C(=O)OCc2ccc(C)cc2C)c(=O)c2ccc(C)nc21. The monoisotopic (exact) mass is 350 g/mol. The predicted molar refractivity (Wildman–Crippen MR) is 101 cm³/mol. The molecule has 3 rings (SSSR count). The van der Waals surface area contributed by atoms with Crippen molar-refractivity contribution in [1.29, 1.82) is 0 Å². The number of aryl methyl sites for hydroxylation is 4. The molecule has 5 heteroatoms. The minimum atomic E-state index is -0.611. The smallest absolute Gasteiger partial charge is 0.344 e. The number of benzene rings is 1. The molecule has 1 aromatic carbocycles. The summed E-state index contributed by atoms with van der Waals surface area (Å²) in [6.45, 7) is 8.55. The van der Waals surface area contributed by atoms with Crippen molar-refractivity contribution in [3.8, 4) is 0 Å². The molecule has 0 spiro atoms. The Morgan fingerprint density at radius 2 is 1.92 bits per heavy atom. The van der Waals surface area contributed by atoms with Gasteiger partial charge in [-0.15, -0.1) is 0 Å². The van der Waals surface area contributed by atoms with Gasteiger partial charge in [0, 0.05) is 18.4 Å². The Kier molecular flexibility index (Phi) is 4.89. The highest BCUT2D eigenvalue weighted by molar-refractivity contribution is 5.93. The molecule has 0 atom stereocenters. The van der Waals surface area contributed by atoms with Crippen LogP contribution in [0.25, 0.3) is 11.0 Å². The molecule has 2 heterocycles. The molecule has 5 nitrogen and oxygen atoms in total. The van der Waals surface area contributed by atoms with Crippen LogP contribution in [0.3, 0.4) is 0 Å². The number of aromatic nitrogens is 2. The average molecular weight is 350 g/mol. The van der Waals surface area contributed by atoms with Gasteiger partial charge in [0.2, 0.25) is 5.43 Å². The van der Waals surface area contributed by atoms with E-state index in [-0.39, 0.29) is 17.6 Å². The molecule has 0 fully saturated rings. The Bertz CT molecular complexity index is 1050. The fourth-order valence-corrected chi connectivity index (χ4v) is 2.98. The second-order valence-electron chi connectivity index (χ2n) is 6.49. The number of carbonyl (C=O) groups excluding carboxylic acids is 1. The van der Waals surface area contributed by atoms with E-state index in [0.29, 0.717) is 17.6 Å². The topological polar surface area (TPSA) is 61.2 Å². The molecule has 0 radical (unpaired) electrons. The molecule has 0 saturated heterocycles. The van der Waals surface area contributed by atoms with E-state index >= 15 is 0 Å². The molecule has 0 amide bonds. The Morgan fingerprint density at radius 1 is 1.15 bits per heavy atom. The van der Waals surface area contributed by atoms with Crippen molar-refractivity contribution in [2.45, 2.75) is 40.8 Å². The van der Waals surface area contributed by atoms with Crippen LogP contribution in [0.1, 0.15) is 39.7 Å². The normalized spacial score (nSPS) is 10.9. The zero-order valence-corrected chi connectivity index (χ0v) is 15.5. The lowest BCUT2D eigenvalue weighted by molar-refractivity contribution is 0.0470. The third-order valence-corrected chi connectivity index (χ3v) is 4.48. The number of ether oxygens (including phenoxy) is 1. The quantitative estimate of drug-likeness (QED) is 0.673. The summed E-state index contributed by atoms with van der Waals surface area (Å²) in [6, 6.07) is 9.44. The fourth-order valence-electron chi connectivity index (χ4n) is 2.98. The summed E-state index contributed by atoms with van der Waals surface area (Å²) in [5, 5.41) is 0.429. The van der Waals surface area contributed by atoms with Crippen LogP contribution >= 0.6 is 0 Å². The van der Waals surface area contributed by atoms with Gasteiger partial charge in [0.05, 0.1) is 5.39 Å². The predicted octanol–water partition coefficient (Wildman–Crippen LogP) is 3.70. The number of nitrogens with zero attached hydrogens (tertiary/aromatic N) is 2. The Morgan fingerprint density at radius 3 is 2.62 bits per heavy atom. The third kappa shape index (κ3) is 3.38. The van der Waals surface area contributed by atoms with Crippen LogP contribution in [0.2, 0.25) is 0 Å². The molecule has 0 aliphatic heterocycles. The van der Waals surface area contributed by atoms with E-state index in [0.717, 1.165) is 22.4 Å². The van der Waals surface area contributed by atoms with Gasteiger partial charge in [-0.2, -0.15) is 0 Å². The number of hydrogen-bond donors (Lipinski definition) is 0. The number of hydrogen-bond acceptors (Lipinski definition) is 4. The van der Waals surface area contributed by atoms with E-state index in [9.17, 15) is 9.59 Å². The third-order valence-electron chi connectivity index (χ3n) is 4.48. The fraction of sp³-hybridized carbons (Fsp3) is 0.286. The zero-order chi connectivity index (χ0) is 18.8. The molecule has 2 aromatic heterocycles. The van der Waals surface area contributed by atoms with Gasteiger partial charge < -0.3 is 9.30 Å². The largest absolute Gasteiger partial charge is 0.457 e. The van der Waals surface area contributed by atoms with Gasteiger partial charge in [-0.3, -0.25) is 4.79 Å². The first-order chi connectivity index (χ1) is 12.4. The zero-order valence-electron chi connectivity index (χ0n) is 15.5. The van der Waals surface area contributed by atoms with E-state index in [4.69, 9.17) is 4.74 Å². The Balaban J connectivity index is 1.94. The maximum Gasteiger partial charge on any atom is 0.344 e. The van der Waals surface area contributed by atoms with Crippen LogP contribution < -0.4 is 5.43 Å². The molecule has 3 aromatic rings. The summed E-state index contributed by atoms with van der Waals surface area (Å²) in [4.78, 5) is 29.7. The number of rotatable bonds is 4. The van der Waals surface area contributed by atoms with Gasteiger partial charge in [0.25, 0.3) is 0 Å². The van der Waals surface area contributed by atoms with Crippen molar-refractivity contribution in [2.75, 3.05) is 0 Å². The molecular weight excluding hydrogens is 328 g/mol. The van der Waals surface area contributed by atoms with Crippen molar-refractivity contribution in [1.82, 2.24) is 9.55 Å². The van der Waals surface area contributed by atoms with Crippen molar-refractivity contribution in [3.63, 3.8) is 0 Å². The van der Waals surface area contributed by atoms with Gasteiger partial charge >= 0.3 is 5.97 Å². The van der Waals surface area contributed by atoms with Gasteiger partial charge in [-0.1, -0.05) is 23.8 Å². The lowest BCUT2D eigenvalue weighted by atomic mass is 10.1. The highest BCUT2D eigenvalue weighted by atomic mass is 16.5. The van der Waals surface area contributed by atoms with Crippen LogP contribution in [0.5, 0.6) is 0 Å². The molecule has 0 saturated carbocycles. The summed E-state index contributed by atoms with van der Waals surface area (Å²) in [6.07, 6.45) is 1.54. The summed E-state index contributed by atoms with van der Waals surface area (Å²) < 4.78 is 7.22. The van der Waals surface area contributed by atoms with Crippen LogP contribution in [0.4, 0.5) is 0 Å². The summed E-state index contributed by atoms with van der Waals surface area (Å²) >= 11 is 0. The van der Waals surface area contributed by atoms with E-state index in [1.807, 2.05) is 45.9 Å². The summed E-state index contributed by atoms with van der Waals surface area (Å²) in [7, 11) is 0. The molecule has 0 unspecified atom stereocenters. The maximum absolute atomic E-state index is 12.7. The minimum Gasteiger partial charge on any atom is -0.457 e. The van der Waals surface area contributed by atoms with Gasteiger partial charge in [0.15, 0.2) is 0 Å². The van der Waals surface area contributed by atoms with Crippen LogP contribution in [0.15, 0.2) is 41.3 Å². The van der Waals surface area contributed by atoms with Crippen molar-refractivity contribution < 1.29 is 9.53 Å². The van der Waals surface area contributed by atoms with Crippen LogP contribution in [0, 0.1) is 20.8 Å². The van der Waals surface area contributed by atoms with Crippen molar-refractivity contribution >= 4 is 17.0 Å². The molecule has 0 aliphatic carbocycles. The van der Waals surface area contributed by atoms with Crippen molar-refractivity contribution in [2.24, 2.45) is 0 Å². The lowest BCUT2D eigenvalue weighted by Crippen LogP contribution is -2.21. The Labute approximate surface area is 152 Å². The maximum atomic E-state index is 12.7. The number of esters is 1. The minimum absolute atomic E-state index is 0.0368. The summed E-state index contributed by atoms with van der Waals surface area (Å²) in [5.74, 6) is -0.611. The van der Waals surface area contributed by atoms with Crippen molar-refractivity contribution in [3.05, 3.63) is 74.7 Å². The van der Waals surface area contributed by atoms with E-state index < -0.39 is 5.97 Å². The number of carbonyl (C=O) groups is 1. The highest BCUT2D eigenvalue weighted by Gasteiger charge is 2.17. The lowest BCUT2D eigenvalue weighted by Gasteiger charge is -2.12. The summed E-state index contributed by atoms with van der Waals surface area (Å²) in [5.41, 5.74) is 4.24. The number of pyridine rings is 2.